The van der Waals surface area contributed by atoms with Crippen LogP contribution in [0.5, 0.6) is 5.75 Å². The van der Waals surface area contributed by atoms with Crippen molar-refractivity contribution in [3.63, 3.8) is 0 Å². The van der Waals surface area contributed by atoms with Crippen LogP contribution in [0.3, 0.4) is 0 Å². The summed E-state index contributed by atoms with van der Waals surface area (Å²) in [6.07, 6.45) is -0.866. The highest BCUT2D eigenvalue weighted by Gasteiger charge is 2.12. The van der Waals surface area contributed by atoms with Crippen LogP contribution in [-0.4, -0.2) is 39.3 Å². The van der Waals surface area contributed by atoms with Crippen molar-refractivity contribution in [1.82, 2.24) is 15.0 Å². The third-order valence-electron chi connectivity index (χ3n) is 3.02. The van der Waals surface area contributed by atoms with E-state index in [1.54, 1.807) is 19.1 Å². The van der Waals surface area contributed by atoms with Gasteiger partial charge in [0.1, 0.15) is 5.75 Å². The smallest absolute Gasteiger partial charge is 0.344 e. The van der Waals surface area contributed by atoms with Crippen molar-refractivity contribution >= 4 is 5.97 Å². The molecule has 22 heavy (non-hydrogen) atoms. The summed E-state index contributed by atoms with van der Waals surface area (Å²) in [7, 11) is 1.96. The summed E-state index contributed by atoms with van der Waals surface area (Å²) in [5, 5.41) is 12.7. The third-order valence-corrected chi connectivity index (χ3v) is 3.02. The fourth-order valence-electron chi connectivity index (χ4n) is 1.94. The molecule has 0 saturated heterocycles. The van der Waals surface area contributed by atoms with Crippen LogP contribution in [0.2, 0.25) is 0 Å². The van der Waals surface area contributed by atoms with E-state index in [-0.39, 0.29) is 0 Å². The summed E-state index contributed by atoms with van der Waals surface area (Å²) in [5.41, 5.74) is 1.08. The Balaban J connectivity index is 1.89. The molecule has 2 rings (SSSR count). The molecule has 0 aliphatic heterocycles. The van der Waals surface area contributed by atoms with Crippen LogP contribution in [0.4, 0.5) is 0 Å². The number of carboxylic acid groups (broad SMARTS) is 1. The minimum atomic E-state index is -0.987. The second-order valence-corrected chi connectivity index (χ2v) is 5.14. The maximum absolute atomic E-state index is 10.7. The second kappa shape index (κ2) is 7.04. The van der Waals surface area contributed by atoms with Crippen LogP contribution in [0.25, 0.3) is 0 Å². The van der Waals surface area contributed by atoms with E-state index in [0.29, 0.717) is 30.6 Å². The number of carboxylic acids is 1. The fraction of sp³-hybridized carbons (Fsp3) is 0.400. The van der Waals surface area contributed by atoms with Gasteiger partial charge in [0.05, 0.1) is 6.54 Å². The first kappa shape index (κ1) is 16.0. The number of benzene rings is 1. The number of ether oxygens (including phenoxy) is 1. The molecule has 118 valence electrons. The minimum absolute atomic E-state index is 0.537. The van der Waals surface area contributed by atoms with Gasteiger partial charge in [0.25, 0.3) is 0 Å². The normalized spacial score (nSPS) is 12.4. The second-order valence-electron chi connectivity index (χ2n) is 5.14. The first-order valence-electron chi connectivity index (χ1n) is 6.90. The van der Waals surface area contributed by atoms with Crippen LogP contribution in [0.15, 0.2) is 28.8 Å². The van der Waals surface area contributed by atoms with E-state index in [2.05, 4.69) is 15.0 Å². The molecule has 2 aromatic rings. The van der Waals surface area contributed by atoms with Crippen LogP contribution >= 0.6 is 0 Å². The predicted octanol–water partition coefficient (Wildman–Crippen LogP) is 1.86. The number of nitrogens with zero attached hydrogens (tertiary/aromatic N) is 3. The van der Waals surface area contributed by atoms with Gasteiger partial charge < -0.3 is 14.4 Å². The lowest BCUT2D eigenvalue weighted by Gasteiger charge is -2.15. The molecule has 1 aromatic carbocycles. The van der Waals surface area contributed by atoms with Crippen molar-refractivity contribution in [2.75, 3.05) is 7.05 Å². The van der Waals surface area contributed by atoms with E-state index in [1.807, 2.05) is 19.2 Å². The van der Waals surface area contributed by atoms with E-state index in [1.165, 1.54) is 6.92 Å². The van der Waals surface area contributed by atoms with Crippen LogP contribution in [0, 0.1) is 6.92 Å². The van der Waals surface area contributed by atoms with Crippen molar-refractivity contribution in [3.8, 4) is 5.75 Å². The van der Waals surface area contributed by atoms with Crippen LogP contribution < -0.4 is 4.74 Å². The predicted molar refractivity (Wildman–Crippen MR) is 78.4 cm³/mol. The quantitative estimate of drug-likeness (QED) is 0.835. The first-order valence-corrected chi connectivity index (χ1v) is 6.90. The number of aliphatic carboxylic acids is 1. The Morgan fingerprint density at radius 2 is 2.05 bits per heavy atom. The van der Waals surface area contributed by atoms with Crippen molar-refractivity contribution in [2.24, 2.45) is 0 Å². The van der Waals surface area contributed by atoms with Gasteiger partial charge in [-0.05, 0) is 31.7 Å². The maximum atomic E-state index is 10.7. The molecule has 7 heteroatoms. The fourth-order valence-corrected chi connectivity index (χ4v) is 1.94. The van der Waals surface area contributed by atoms with Crippen LogP contribution in [-0.2, 0) is 17.9 Å². The van der Waals surface area contributed by atoms with Gasteiger partial charge in [-0.1, -0.05) is 17.3 Å². The molecular formula is C15H19N3O4. The zero-order chi connectivity index (χ0) is 16.1. The summed E-state index contributed by atoms with van der Waals surface area (Å²) in [4.78, 5) is 17.0. The van der Waals surface area contributed by atoms with E-state index in [4.69, 9.17) is 14.4 Å². The number of carbonyl (C=O) groups is 1. The lowest BCUT2D eigenvalue weighted by Crippen LogP contribution is -2.22. The molecule has 0 unspecified atom stereocenters. The highest BCUT2D eigenvalue weighted by Crippen LogP contribution is 2.15. The molecule has 0 aliphatic rings. The zero-order valence-electron chi connectivity index (χ0n) is 12.8. The largest absolute Gasteiger partial charge is 0.479 e. The standard InChI is InChI=1S/C15H19N3O4/c1-10(15(19)20)21-13-6-4-12(5-7-13)8-18(3)9-14-16-11(2)22-17-14/h4-7,10H,8-9H2,1-3H3,(H,19,20)/t10-/m1/s1. The van der Waals surface area contributed by atoms with Gasteiger partial charge in [-0.3, -0.25) is 4.90 Å². The summed E-state index contributed by atoms with van der Waals surface area (Å²) >= 11 is 0. The molecule has 0 spiro atoms. The Kier molecular flexibility index (Phi) is 5.11. The van der Waals surface area contributed by atoms with Crippen molar-refractivity contribution in [3.05, 3.63) is 41.5 Å². The third kappa shape index (κ3) is 4.56. The molecule has 0 radical (unpaired) electrons. The molecule has 0 saturated carbocycles. The first-order chi connectivity index (χ1) is 10.4. The Bertz CT molecular complexity index is 624. The van der Waals surface area contributed by atoms with E-state index in [9.17, 15) is 4.79 Å². The van der Waals surface area contributed by atoms with Crippen LogP contribution in [0.1, 0.15) is 24.2 Å². The summed E-state index contributed by atoms with van der Waals surface area (Å²) in [6, 6.07) is 7.34. The average Bonchev–Trinajstić information content (AvgIpc) is 2.86. The SMILES string of the molecule is Cc1nc(CN(C)Cc2ccc(O[C@H](C)C(=O)O)cc2)no1. The lowest BCUT2D eigenvalue weighted by molar-refractivity contribution is -0.144. The van der Waals surface area contributed by atoms with Crippen molar-refractivity contribution in [2.45, 2.75) is 33.0 Å². The molecule has 1 atom stereocenters. The Hall–Kier alpha value is -2.41. The molecule has 1 aromatic heterocycles. The number of hydrogen-bond donors (Lipinski definition) is 1. The number of rotatable bonds is 7. The highest BCUT2D eigenvalue weighted by molar-refractivity contribution is 5.72. The van der Waals surface area contributed by atoms with Gasteiger partial charge in [0.2, 0.25) is 5.89 Å². The monoisotopic (exact) mass is 305 g/mol. The minimum Gasteiger partial charge on any atom is -0.479 e. The van der Waals surface area contributed by atoms with E-state index < -0.39 is 12.1 Å². The Morgan fingerprint density at radius 3 is 2.59 bits per heavy atom. The number of hydrogen-bond acceptors (Lipinski definition) is 6. The molecule has 1 heterocycles. The van der Waals surface area contributed by atoms with E-state index in [0.717, 1.165) is 5.56 Å². The molecule has 0 aliphatic carbocycles. The molecule has 7 nitrogen and oxygen atoms in total. The van der Waals surface area contributed by atoms with Gasteiger partial charge >= 0.3 is 5.97 Å². The number of aromatic nitrogens is 2. The maximum Gasteiger partial charge on any atom is 0.344 e. The van der Waals surface area contributed by atoms with Crippen molar-refractivity contribution in [1.29, 1.82) is 0 Å². The topological polar surface area (TPSA) is 88.7 Å². The summed E-state index contributed by atoms with van der Waals surface area (Å²) in [6.45, 7) is 4.55. The van der Waals surface area contributed by atoms with Gasteiger partial charge in [0.15, 0.2) is 11.9 Å². The molecule has 0 amide bonds. The lowest BCUT2D eigenvalue weighted by atomic mass is 10.2. The molecule has 1 N–H and O–H groups in total. The summed E-state index contributed by atoms with van der Waals surface area (Å²) < 4.78 is 10.2. The van der Waals surface area contributed by atoms with E-state index >= 15 is 0 Å². The average molecular weight is 305 g/mol. The molecular weight excluding hydrogens is 286 g/mol. The highest BCUT2D eigenvalue weighted by atomic mass is 16.5. The van der Waals surface area contributed by atoms with Crippen molar-refractivity contribution < 1.29 is 19.2 Å². The van der Waals surface area contributed by atoms with Gasteiger partial charge in [-0.25, -0.2) is 4.79 Å². The summed E-state index contributed by atoms with van der Waals surface area (Å²) in [5.74, 6) is 0.752. The van der Waals surface area contributed by atoms with Gasteiger partial charge in [-0.2, -0.15) is 4.98 Å². The molecule has 0 fully saturated rings. The van der Waals surface area contributed by atoms with Gasteiger partial charge in [0, 0.05) is 13.5 Å². The zero-order valence-corrected chi connectivity index (χ0v) is 12.8. The number of aryl methyl sites for hydroxylation is 1. The Labute approximate surface area is 128 Å². The molecule has 0 bridgehead atoms. The van der Waals surface area contributed by atoms with Gasteiger partial charge in [-0.15, -0.1) is 0 Å². The Morgan fingerprint density at radius 1 is 1.36 bits per heavy atom.